The van der Waals surface area contributed by atoms with Crippen molar-refractivity contribution in [2.75, 3.05) is 5.32 Å². The molecule has 1 heterocycles. The van der Waals surface area contributed by atoms with Crippen LogP contribution in [0.3, 0.4) is 0 Å². The molecule has 3 rings (SSSR count). The second-order valence-electron chi connectivity index (χ2n) is 5.27. The van der Waals surface area contributed by atoms with Crippen LogP contribution in [0.4, 0.5) is 5.69 Å². The first kappa shape index (κ1) is 16.5. The average Bonchev–Trinajstić information content (AvgIpc) is 2.76. The molecule has 0 saturated heterocycles. The molecule has 0 saturated carbocycles. The van der Waals surface area contributed by atoms with E-state index in [2.05, 4.69) is 5.32 Å². The van der Waals surface area contributed by atoms with E-state index < -0.39 is 27.9 Å². The van der Waals surface area contributed by atoms with Crippen LogP contribution in [0.1, 0.15) is 17.3 Å². The Balaban J connectivity index is 1.87. The Hall–Kier alpha value is -2.38. The van der Waals surface area contributed by atoms with Gasteiger partial charge < -0.3 is 5.32 Å². The first-order valence-corrected chi connectivity index (χ1v) is 8.88. The number of carbonyl (C=O) groups is 2. The van der Waals surface area contributed by atoms with E-state index in [4.69, 9.17) is 11.6 Å². The van der Waals surface area contributed by atoms with Crippen LogP contribution in [0.5, 0.6) is 0 Å². The average molecular weight is 365 g/mol. The van der Waals surface area contributed by atoms with E-state index in [0.717, 1.165) is 0 Å². The van der Waals surface area contributed by atoms with Gasteiger partial charge in [0.2, 0.25) is 5.91 Å². The minimum atomic E-state index is -4.04. The highest BCUT2D eigenvalue weighted by Crippen LogP contribution is 2.31. The summed E-state index contributed by atoms with van der Waals surface area (Å²) in [5.41, 5.74) is 0.529. The number of halogens is 1. The molecule has 0 aromatic heterocycles. The van der Waals surface area contributed by atoms with Crippen LogP contribution >= 0.6 is 11.6 Å². The Bertz CT molecular complexity index is 925. The van der Waals surface area contributed by atoms with Crippen LogP contribution in [0.2, 0.25) is 5.02 Å². The monoisotopic (exact) mass is 364 g/mol. The van der Waals surface area contributed by atoms with Crippen molar-refractivity contribution in [2.45, 2.75) is 17.9 Å². The maximum absolute atomic E-state index is 12.5. The summed E-state index contributed by atoms with van der Waals surface area (Å²) < 4.78 is 25.7. The van der Waals surface area contributed by atoms with Crippen LogP contribution in [0.15, 0.2) is 53.4 Å². The highest BCUT2D eigenvalue weighted by molar-refractivity contribution is 7.90. The number of nitrogens with one attached hydrogen (secondary N) is 1. The van der Waals surface area contributed by atoms with Crippen molar-refractivity contribution >= 4 is 39.1 Å². The van der Waals surface area contributed by atoms with Gasteiger partial charge in [0.05, 0.1) is 5.56 Å². The standard InChI is InChI=1S/C16H13ClN2O4S/c1-10(15(20)18-12-8-6-11(17)7-9-12)19-16(21)13-4-2-3-5-14(13)24(19,22)23/h2-10H,1H3,(H,18,20)/t10-/m1/s1. The largest absolute Gasteiger partial charge is 0.324 e. The van der Waals surface area contributed by atoms with E-state index in [1.54, 1.807) is 30.3 Å². The van der Waals surface area contributed by atoms with E-state index in [-0.39, 0.29) is 10.5 Å². The van der Waals surface area contributed by atoms with Crippen molar-refractivity contribution in [3.63, 3.8) is 0 Å². The predicted molar refractivity (Wildman–Crippen MR) is 89.3 cm³/mol. The van der Waals surface area contributed by atoms with E-state index in [1.165, 1.54) is 25.1 Å². The fourth-order valence-corrected chi connectivity index (χ4v) is 4.32. The van der Waals surface area contributed by atoms with Crippen molar-refractivity contribution < 1.29 is 18.0 Å². The van der Waals surface area contributed by atoms with Gasteiger partial charge in [0.15, 0.2) is 0 Å². The number of fused-ring (bicyclic) bond motifs is 1. The Morgan fingerprint density at radius 2 is 1.75 bits per heavy atom. The lowest BCUT2D eigenvalue weighted by molar-refractivity contribution is -0.118. The molecule has 124 valence electrons. The Morgan fingerprint density at radius 3 is 2.38 bits per heavy atom. The van der Waals surface area contributed by atoms with Gasteiger partial charge in [0.25, 0.3) is 15.9 Å². The van der Waals surface area contributed by atoms with Gasteiger partial charge in [-0.1, -0.05) is 23.7 Å². The van der Waals surface area contributed by atoms with Gasteiger partial charge in [-0.25, -0.2) is 12.7 Å². The summed E-state index contributed by atoms with van der Waals surface area (Å²) in [5.74, 6) is -1.31. The second-order valence-corrected chi connectivity index (χ2v) is 7.49. The maximum atomic E-state index is 12.5. The molecule has 8 heteroatoms. The molecule has 2 aromatic carbocycles. The molecule has 2 amide bonds. The van der Waals surface area contributed by atoms with Crippen LogP contribution in [-0.2, 0) is 14.8 Å². The summed E-state index contributed by atoms with van der Waals surface area (Å²) >= 11 is 5.78. The van der Waals surface area contributed by atoms with Gasteiger partial charge in [-0.05, 0) is 43.3 Å². The smallest absolute Gasteiger partial charge is 0.269 e. The van der Waals surface area contributed by atoms with Gasteiger partial charge >= 0.3 is 0 Å². The van der Waals surface area contributed by atoms with Gasteiger partial charge in [-0.2, -0.15) is 0 Å². The summed E-state index contributed by atoms with van der Waals surface area (Å²) in [7, 11) is -4.04. The number of rotatable bonds is 3. The normalized spacial score (nSPS) is 16.6. The fraction of sp³-hybridized carbons (Fsp3) is 0.125. The number of hydrogen-bond acceptors (Lipinski definition) is 4. The first-order chi connectivity index (χ1) is 11.3. The van der Waals surface area contributed by atoms with E-state index in [0.29, 0.717) is 15.0 Å². The van der Waals surface area contributed by atoms with Gasteiger partial charge in [-0.3, -0.25) is 9.59 Å². The van der Waals surface area contributed by atoms with Crippen molar-refractivity contribution in [1.82, 2.24) is 4.31 Å². The summed E-state index contributed by atoms with van der Waals surface area (Å²) in [6.45, 7) is 1.37. The lowest BCUT2D eigenvalue weighted by Crippen LogP contribution is -2.45. The van der Waals surface area contributed by atoms with Gasteiger partial charge in [0.1, 0.15) is 10.9 Å². The molecule has 1 atom stereocenters. The molecule has 0 aliphatic carbocycles. The quantitative estimate of drug-likeness (QED) is 0.907. The number of carbonyl (C=O) groups excluding carboxylic acids is 2. The lowest BCUT2D eigenvalue weighted by atomic mass is 10.2. The molecule has 0 spiro atoms. The van der Waals surface area contributed by atoms with Crippen LogP contribution < -0.4 is 5.32 Å². The minimum absolute atomic E-state index is 0.0728. The Kier molecular flexibility index (Phi) is 4.06. The van der Waals surface area contributed by atoms with Crippen LogP contribution in [0.25, 0.3) is 0 Å². The molecule has 2 aromatic rings. The fourth-order valence-electron chi connectivity index (χ4n) is 2.47. The Morgan fingerprint density at radius 1 is 1.12 bits per heavy atom. The van der Waals surface area contributed by atoms with Crippen molar-refractivity contribution in [2.24, 2.45) is 0 Å². The molecule has 0 bridgehead atoms. The van der Waals surface area contributed by atoms with Crippen LogP contribution in [0, 0.1) is 0 Å². The zero-order valence-electron chi connectivity index (χ0n) is 12.6. The first-order valence-electron chi connectivity index (χ1n) is 7.06. The van der Waals surface area contributed by atoms with E-state index in [9.17, 15) is 18.0 Å². The summed E-state index contributed by atoms with van der Waals surface area (Å²) in [5, 5.41) is 3.08. The number of benzene rings is 2. The third kappa shape index (κ3) is 2.65. The second kappa shape index (κ2) is 5.92. The Labute approximate surface area is 144 Å². The molecule has 1 N–H and O–H groups in total. The third-order valence-corrected chi connectivity index (χ3v) is 5.86. The van der Waals surface area contributed by atoms with Gasteiger partial charge in [-0.15, -0.1) is 0 Å². The number of hydrogen-bond donors (Lipinski definition) is 1. The van der Waals surface area contributed by atoms with Gasteiger partial charge in [0, 0.05) is 10.7 Å². The van der Waals surface area contributed by atoms with E-state index >= 15 is 0 Å². The SMILES string of the molecule is C[C@H](C(=O)Nc1ccc(Cl)cc1)N1C(=O)c2ccccc2S1(=O)=O. The molecular weight excluding hydrogens is 352 g/mol. The topological polar surface area (TPSA) is 83.6 Å². The number of amides is 2. The minimum Gasteiger partial charge on any atom is -0.324 e. The van der Waals surface area contributed by atoms with Crippen LogP contribution in [-0.4, -0.2) is 30.6 Å². The molecule has 0 radical (unpaired) electrons. The molecule has 6 nitrogen and oxygen atoms in total. The number of anilines is 1. The zero-order chi connectivity index (χ0) is 17.5. The summed E-state index contributed by atoms with van der Waals surface area (Å²) in [6, 6.07) is 11.1. The summed E-state index contributed by atoms with van der Waals surface area (Å²) in [4.78, 5) is 24.7. The lowest BCUT2D eigenvalue weighted by Gasteiger charge is -2.22. The molecule has 0 unspecified atom stereocenters. The molecule has 1 aliphatic rings. The third-order valence-electron chi connectivity index (χ3n) is 3.70. The number of nitrogens with zero attached hydrogens (tertiary/aromatic N) is 1. The molecular formula is C16H13ClN2O4S. The summed E-state index contributed by atoms with van der Waals surface area (Å²) in [6.07, 6.45) is 0. The highest BCUT2D eigenvalue weighted by atomic mass is 35.5. The molecule has 0 fully saturated rings. The zero-order valence-corrected chi connectivity index (χ0v) is 14.1. The maximum Gasteiger partial charge on any atom is 0.269 e. The molecule has 24 heavy (non-hydrogen) atoms. The van der Waals surface area contributed by atoms with Crippen molar-refractivity contribution in [1.29, 1.82) is 0 Å². The molecule has 1 aliphatic heterocycles. The highest BCUT2D eigenvalue weighted by Gasteiger charge is 2.45. The number of sulfonamides is 1. The van der Waals surface area contributed by atoms with Crippen molar-refractivity contribution in [3.05, 3.63) is 59.1 Å². The predicted octanol–water partition coefficient (Wildman–Crippen LogP) is 2.51. The van der Waals surface area contributed by atoms with E-state index in [1.807, 2.05) is 0 Å². The van der Waals surface area contributed by atoms with Crippen molar-refractivity contribution in [3.8, 4) is 0 Å².